The van der Waals surface area contributed by atoms with E-state index in [0.29, 0.717) is 12.3 Å². The molecule has 1 saturated heterocycles. The Morgan fingerprint density at radius 2 is 1.97 bits per heavy atom. The van der Waals surface area contributed by atoms with E-state index in [4.69, 9.17) is 14.2 Å². The summed E-state index contributed by atoms with van der Waals surface area (Å²) in [6.45, 7) is 5.34. The number of esters is 1. The van der Waals surface area contributed by atoms with Gasteiger partial charge >= 0.3 is 5.97 Å². The fourth-order valence-electron chi connectivity index (χ4n) is 5.22. The molecule has 166 valence electrons. The average molecular weight is 416 g/mol. The van der Waals surface area contributed by atoms with Gasteiger partial charge in [0, 0.05) is 24.3 Å². The Bertz CT molecular complexity index is 774. The summed E-state index contributed by atoms with van der Waals surface area (Å²) in [5, 5.41) is 0. The van der Waals surface area contributed by atoms with Crippen molar-refractivity contribution in [2.24, 2.45) is 5.92 Å². The number of nitrogens with zero attached hydrogens (tertiary/aromatic N) is 1. The molecule has 30 heavy (non-hydrogen) atoms. The van der Waals surface area contributed by atoms with Gasteiger partial charge in [-0.1, -0.05) is 39.2 Å². The molecule has 3 atom stereocenters. The average Bonchev–Trinajstić information content (AvgIpc) is 3.10. The number of carbonyl (C=O) groups excluding carboxylic acids is 1. The zero-order valence-electron chi connectivity index (χ0n) is 19.2. The van der Waals surface area contributed by atoms with E-state index in [1.807, 2.05) is 6.07 Å². The summed E-state index contributed by atoms with van der Waals surface area (Å²) in [5.41, 5.74) is 1.28. The molecule has 0 bridgehead atoms. The van der Waals surface area contributed by atoms with Crippen LogP contribution in [0.4, 0.5) is 0 Å². The van der Waals surface area contributed by atoms with Gasteiger partial charge in [-0.15, -0.1) is 0 Å². The third kappa shape index (κ3) is 4.51. The molecule has 1 aliphatic carbocycles. The lowest BCUT2D eigenvalue weighted by molar-refractivity contribution is -0.141. The fourth-order valence-corrected chi connectivity index (χ4v) is 5.22. The zero-order chi connectivity index (χ0) is 21.7. The topological polar surface area (TPSA) is 48.0 Å². The van der Waals surface area contributed by atoms with E-state index in [-0.39, 0.29) is 17.4 Å². The van der Waals surface area contributed by atoms with Gasteiger partial charge < -0.3 is 14.2 Å². The third-order valence-corrected chi connectivity index (χ3v) is 7.05. The minimum absolute atomic E-state index is 0.0123. The second-order valence-electron chi connectivity index (χ2n) is 8.78. The lowest BCUT2D eigenvalue weighted by Crippen LogP contribution is -2.42. The molecule has 5 heteroatoms. The van der Waals surface area contributed by atoms with Crippen molar-refractivity contribution in [3.05, 3.63) is 35.6 Å². The predicted octanol–water partition coefficient (Wildman–Crippen LogP) is 5.08. The van der Waals surface area contributed by atoms with E-state index in [9.17, 15) is 4.79 Å². The Hall–Kier alpha value is -2.01. The first-order chi connectivity index (χ1) is 14.5. The van der Waals surface area contributed by atoms with Gasteiger partial charge in [-0.25, -0.2) is 0 Å². The number of hydrogen-bond donors (Lipinski definition) is 0. The van der Waals surface area contributed by atoms with Crippen LogP contribution >= 0.6 is 0 Å². The highest BCUT2D eigenvalue weighted by Crippen LogP contribution is 2.49. The van der Waals surface area contributed by atoms with Gasteiger partial charge in [-0.05, 0) is 56.1 Å². The van der Waals surface area contributed by atoms with Gasteiger partial charge in [-0.2, -0.15) is 0 Å². The van der Waals surface area contributed by atoms with Gasteiger partial charge in [0.05, 0.1) is 14.2 Å². The van der Waals surface area contributed by atoms with Crippen LogP contribution in [0.1, 0.15) is 64.4 Å². The number of hydrogen-bond acceptors (Lipinski definition) is 5. The second kappa shape index (κ2) is 9.86. The summed E-state index contributed by atoms with van der Waals surface area (Å²) in [5.74, 6) is 2.69. The summed E-state index contributed by atoms with van der Waals surface area (Å²) in [4.78, 5) is 14.9. The van der Waals surface area contributed by atoms with Crippen LogP contribution < -0.4 is 9.47 Å². The standard InChI is InChI=1S/C25H37NO4/c1-6-8-18(7-2)15-24(27)30-20-11-12-25(13-14-26(3)23(25)17-20)19-9-10-21(28-4)22(16-19)29-5/h9-10,16-18,23H,6-8,11-15H2,1-5H3/t18?,23-,25-/m0/s1. The summed E-state index contributed by atoms with van der Waals surface area (Å²) < 4.78 is 16.8. The second-order valence-corrected chi connectivity index (χ2v) is 8.78. The van der Waals surface area contributed by atoms with Crippen LogP contribution in [0.2, 0.25) is 0 Å². The first kappa shape index (κ1) is 22.7. The molecular weight excluding hydrogens is 378 g/mol. The molecule has 0 saturated carbocycles. The third-order valence-electron chi connectivity index (χ3n) is 7.05. The number of likely N-dealkylation sites (N-methyl/N-ethyl adjacent to an activating group) is 1. The van der Waals surface area contributed by atoms with Crippen molar-refractivity contribution in [2.75, 3.05) is 27.8 Å². The molecular formula is C25H37NO4. The summed E-state index contributed by atoms with van der Waals surface area (Å²) in [7, 11) is 5.50. The van der Waals surface area contributed by atoms with Crippen molar-refractivity contribution in [1.29, 1.82) is 0 Å². The SMILES string of the molecule is CCCC(CC)CC(=O)OC1=C[C@@H]2N(C)CC[C@]2(c2ccc(OC)c(OC)c2)CC1. The first-order valence-corrected chi connectivity index (χ1v) is 11.3. The largest absolute Gasteiger partial charge is 0.493 e. The van der Waals surface area contributed by atoms with Gasteiger partial charge in [0.25, 0.3) is 0 Å². The molecule has 1 aromatic carbocycles. The minimum atomic E-state index is -0.0826. The van der Waals surface area contributed by atoms with Crippen molar-refractivity contribution < 1.29 is 19.0 Å². The molecule has 1 unspecified atom stereocenters. The predicted molar refractivity (Wildman–Crippen MR) is 119 cm³/mol. The molecule has 1 heterocycles. The maximum Gasteiger partial charge on any atom is 0.311 e. The van der Waals surface area contributed by atoms with Crippen LogP contribution in [-0.4, -0.2) is 44.7 Å². The number of fused-ring (bicyclic) bond motifs is 1. The molecule has 0 radical (unpaired) electrons. The van der Waals surface area contributed by atoms with E-state index in [1.165, 1.54) is 5.56 Å². The lowest BCUT2D eigenvalue weighted by Gasteiger charge is -2.40. The Morgan fingerprint density at radius 1 is 1.20 bits per heavy atom. The van der Waals surface area contributed by atoms with Gasteiger partial charge in [0.1, 0.15) is 5.76 Å². The Morgan fingerprint density at radius 3 is 2.63 bits per heavy atom. The van der Waals surface area contributed by atoms with Crippen LogP contribution in [-0.2, 0) is 14.9 Å². The van der Waals surface area contributed by atoms with Crippen LogP contribution in [0, 0.1) is 5.92 Å². The number of ether oxygens (including phenoxy) is 3. The van der Waals surface area contributed by atoms with Crippen molar-refractivity contribution in [3.63, 3.8) is 0 Å². The zero-order valence-corrected chi connectivity index (χ0v) is 19.2. The molecule has 1 fully saturated rings. The maximum absolute atomic E-state index is 12.5. The van der Waals surface area contributed by atoms with E-state index < -0.39 is 0 Å². The van der Waals surface area contributed by atoms with Gasteiger partial charge in [0.15, 0.2) is 11.5 Å². The smallest absolute Gasteiger partial charge is 0.311 e. The first-order valence-electron chi connectivity index (χ1n) is 11.3. The Kier molecular flexibility index (Phi) is 7.45. The molecule has 0 amide bonds. The Labute approximate surface area is 181 Å². The van der Waals surface area contributed by atoms with Crippen LogP contribution in [0.3, 0.4) is 0 Å². The molecule has 0 N–H and O–H groups in total. The molecule has 1 aromatic rings. The summed E-state index contributed by atoms with van der Waals surface area (Å²) >= 11 is 0. The van der Waals surface area contributed by atoms with E-state index >= 15 is 0 Å². The number of likely N-dealkylation sites (tertiary alicyclic amines) is 1. The highest BCUT2D eigenvalue weighted by atomic mass is 16.5. The number of allylic oxidation sites excluding steroid dienone is 1. The summed E-state index contributed by atoms with van der Waals surface area (Å²) in [6.07, 6.45) is 8.74. The molecule has 1 aliphatic heterocycles. The fraction of sp³-hybridized carbons (Fsp3) is 0.640. The van der Waals surface area contributed by atoms with Crippen molar-refractivity contribution >= 4 is 5.97 Å². The van der Waals surface area contributed by atoms with Crippen LogP contribution in [0.5, 0.6) is 11.5 Å². The normalized spacial score (nSPS) is 24.7. The van der Waals surface area contributed by atoms with Crippen molar-refractivity contribution in [2.45, 2.75) is 70.3 Å². The van der Waals surface area contributed by atoms with Gasteiger partial charge in [-0.3, -0.25) is 9.69 Å². The lowest BCUT2D eigenvalue weighted by atomic mass is 9.68. The van der Waals surface area contributed by atoms with Crippen molar-refractivity contribution in [3.8, 4) is 11.5 Å². The highest BCUT2D eigenvalue weighted by molar-refractivity contribution is 5.71. The maximum atomic E-state index is 12.5. The molecule has 5 nitrogen and oxygen atoms in total. The molecule has 0 spiro atoms. The highest BCUT2D eigenvalue weighted by Gasteiger charge is 2.48. The van der Waals surface area contributed by atoms with E-state index in [1.54, 1.807) is 14.2 Å². The molecule has 2 aliphatic rings. The monoisotopic (exact) mass is 415 g/mol. The number of methoxy groups -OCH3 is 2. The van der Waals surface area contributed by atoms with Crippen LogP contribution in [0.25, 0.3) is 0 Å². The van der Waals surface area contributed by atoms with Crippen LogP contribution in [0.15, 0.2) is 30.0 Å². The molecule has 0 aromatic heterocycles. The summed E-state index contributed by atoms with van der Waals surface area (Å²) in [6, 6.07) is 6.49. The molecule has 3 rings (SSSR count). The van der Waals surface area contributed by atoms with Crippen molar-refractivity contribution in [1.82, 2.24) is 4.90 Å². The minimum Gasteiger partial charge on any atom is -0.493 e. The van der Waals surface area contributed by atoms with E-state index in [0.717, 1.165) is 62.3 Å². The number of rotatable bonds is 9. The number of carbonyl (C=O) groups is 1. The Balaban J connectivity index is 1.80. The van der Waals surface area contributed by atoms with Gasteiger partial charge in [0.2, 0.25) is 0 Å². The van der Waals surface area contributed by atoms with E-state index in [2.05, 4.69) is 44.0 Å². The number of benzene rings is 1. The quantitative estimate of drug-likeness (QED) is 0.526.